The number of carbonyl (C=O) groups is 1. The van der Waals surface area contributed by atoms with Gasteiger partial charge in [0.05, 0.1) is 5.56 Å². The second kappa shape index (κ2) is 5.60. The van der Waals surface area contributed by atoms with E-state index < -0.39 is 0 Å². The number of hydrogen-bond donors (Lipinski definition) is 1. The van der Waals surface area contributed by atoms with Crippen molar-refractivity contribution in [3.63, 3.8) is 0 Å². The Morgan fingerprint density at radius 3 is 2.83 bits per heavy atom. The van der Waals surface area contributed by atoms with Crippen LogP contribution in [0.25, 0.3) is 0 Å². The topological polar surface area (TPSA) is 42.0 Å². The van der Waals surface area contributed by atoms with Gasteiger partial charge < -0.3 is 5.32 Å². The summed E-state index contributed by atoms with van der Waals surface area (Å²) in [5.41, 5.74) is 1.11. The maximum atomic E-state index is 12.9. The van der Waals surface area contributed by atoms with Gasteiger partial charge in [-0.1, -0.05) is 23.7 Å². The van der Waals surface area contributed by atoms with Crippen molar-refractivity contribution in [3.8, 4) is 0 Å². The standard InChI is InChI=1S/C13H10ClFN2O/c14-12-5-4-10(8-16-12)13(18)17-7-9-2-1-3-11(15)6-9/h1-6,8H,7H2,(H,17,18). The Balaban J connectivity index is 1.98. The number of benzene rings is 1. The molecule has 0 aliphatic heterocycles. The molecule has 0 unspecified atom stereocenters. The molecule has 1 N–H and O–H groups in total. The lowest BCUT2D eigenvalue weighted by molar-refractivity contribution is 0.0950. The van der Waals surface area contributed by atoms with Gasteiger partial charge in [0, 0.05) is 12.7 Å². The highest BCUT2D eigenvalue weighted by molar-refractivity contribution is 6.29. The number of aromatic nitrogens is 1. The summed E-state index contributed by atoms with van der Waals surface area (Å²) in [6.07, 6.45) is 1.39. The largest absolute Gasteiger partial charge is 0.348 e. The van der Waals surface area contributed by atoms with Crippen LogP contribution >= 0.6 is 11.6 Å². The number of hydrogen-bond acceptors (Lipinski definition) is 2. The average molecular weight is 265 g/mol. The van der Waals surface area contributed by atoms with Crippen LogP contribution < -0.4 is 5.32 Å². The molecule has 0 atom stereocenters. The van der Waals surface area contributed by atoms with Crippen molar-refractivity contribution in [2.45, 2.75) is 6.54 Å². The molecule has 0 saturated heterocycles. The minimum Gasteiger partial charge on any atom is -0.348 e. The van der Waals surface area contributed by atoms with E-state index in [4.69, 9.17) is 11.6 Å². The van der Waals surface area contributed by atoms with Crippen molar-refractivity contribution in [1.82, 2.24) is 10.3 Å². The van der Waals surface area contributed by atoms with Gasteiger partial charge in [-0.15, -0.1) is 0 Å². The summed E-state index contributed by atoms with van der Waals surface area (Å²) in [5, 5.41) is 3.00. The van der Waals surface area contributed by atoms with E-state index >= 15 is 0 Å². The van der Waals surface area contributed by atoms with Crippen LogP contribution in [-0.4, -0.2) is 10.9 Å². The van der Waals surface area contributed by atoms with Gasteiger partial charge in [0.2, 0.25) is 0 Å². The maximum absolute atomic E-state index is 12.9. The number of amides is 1. The van der Waals surface area contributed by atoms with Crippen molar-refractivity contribution >= 4 is 17.5 Å². The highest BCUT2D eigenvalue weighted by Crippen LogP contribution is 2.06. The molecule has 5 heteroatoms. The van der Waals surface area contributed by atoms with Crippen molar-refractivity contribution in [1.29, 1.82) is 0 Å². The predicted octanol–water partition coefficient (Wildman–Crippen LogP) is 2.80. The molecule has 18 heavy (non-hydrogen) atoms. The molecule has 0 spiro atoms. The molecule has 0 aliphatic rings. The van der Waals surface area contributed by atoms with E-state index in [2.05, 4.69) is 10.3 Å². The first-order chi connectivity index (χ1) is 8.65. The van der Waals surface area contributed by atoms with E-state index in [9.17, 15) is 9.18 Å². The van der Waals surface area contributed by atoms with Crippen LogP contribution in [0.15, 0.2) is 42.6 Å². The quantitative estimate of drug-likeness (QED) is 0.866. The minimum atomic E-state index is -0.324. The van der Waals surface area contributed by atoms with Gasteiger partial charge in [0.1, 0.15) is 11.0 Å². The lowest BCUT2D eigenvalue weighted by Gasteiger charge is -2.05. The average Bonchev–Trinajstić information content (AvgIpc) is 2.37. The van der Waals surface area contributed by atoms with E-state index in [0.29, 0.717) is 16.3 Å². The number of pyridine rings is 1. The number of carbonyl (C=O) groups excluding carboxylic acids is 1. The Hall–Kier alpha value is -1.94. The Bertz CT molecular complexity index is 557. The summed E-state index contributed by atoms with van der Waals surface area (Å²) in [4.78, 5) is 15.5. The van der Waals surface area contributed by atoms with E-state index in [0.717, 1.165) is 0 Å². The van der Waals surface area contributed by atoms with Crippen LogP contribution in [0, 0.1) is 5.82 Å². The third-order valence-electron chi connectivity index (χ3n) is 2.33. The maximum Gasteiger partial charge on any atom is 0.253 e. The van der Waals surface area contributed by atoms with Crippen LogP contribution in [0.5, 0.6) is 0 Å². The third kappa shape index (κ3) is 3.28. The van der Waals surface area contributed by atoms with Crippen LogP contribution in [0.4, 0.5) is 4.39 Å². The third-order valence-corrected chi connectivity index (χ3v) is 2.56. The Morgan fingerprint density at radius 2 is 2.17 bits per heavy atom. The molecule has 0 aliphatic carbocycles. The van der Waals surface area contributed by atoms with Gasteiger partial charge in [-0.3, -0.25) is 4.79 Å². The van der Waals surface area contributed by atoms with Gasteiger partial charge in [-0.05, 0) is 29.8 Å². The fourth-order valence-corrected chi connectivity index (χ4v) is 1.55. The molecule has 1 amide bonds. The second-order valence-corrected chi connectivity index (χ2v) is 4.07. The molecule has 1 heterocycles. The minimum absolute atomic E-state index is 0.263. The zero-order valence-electron chi connectivity index (χ0n) is 9.36. The lowest BCUT2D eigenvalue weighted by atomic mass is 10.2. The highest BCUT2D eigenvalue weighted by atomic mass is 35.5. The first-order valence-electron chi connectivity index (χ1n) is 5.29. The van der Waals surface area contributed by atoms with E-state index in [1.54, 1.807) is 24.3 Å². The molecule has 0 fully saturated rings. The molecule has 0 saturated carbocycles. The number of nitrogens with one attached hydrogen (secondary N) is 1. The van der Waals surface area contributed by atoms with E-state index in [1.165, 1.54) is 18.3 Å². The van der Waals surface area contributed by atoms with Crippen LogP contribution in [0.1, 0.15) is 15.9 Å². The van der Waals surface area contributed by atoms with Gasteiger partial charge in [-0.25, -0.2) is 9.37 Å². The first kappa shape index (κ1) is 12.5. The summed E-state index contributed by atoms with van der Waals surface area (Å²) in [6.45, 7) is 0.263. The molecule has 1 aromatic carbocycles. The van der Waals surface area contributed by atoms with Gasteiger partial charge >= 0.3 is 0 Å². The summed E-state index contributed by atoms with van der Waals surface area (Å²) in [6, 6.07) is 9.19. The summed E-state index contributed by atoms with van der Waals surface area (Å²) >= 11 is 5.62. The van der Waals surface area contributed by atoms with Crippen LogP contribution in [0.3, 0.4) is 0 Å². The zero-order valence-corrected chi connectivity index (χ0v) is 10.1. The molecule has 2 rings (SSSR count). The molecule has 2 aromatic rings. The van der Waals surface area contributed by atoms with Crippen molar-refractivity contribution in [2.24, 2.45) is 0 Å². The summed E-state index contributed by atoms with van der Waals surface area (Å²) < 4.78 is 12.9. The summed E-state index contributed by atoms with van der Waals surface area (Å²) in [7, 11) is 0. The molecule has 1 aromatic heterocycles. The van der Waals surface area contributed by atoms with Crippen molar-refractivity contribution in [2.75, 3.05) is 0 Å². The fraction of sp³-hybridized carbons (Fsp3) is 0.0769. The Morgan fingerprint density at radius 1 is 1.33 bits per heavy atom. The number of rotatable bonds is 3. The van der Waals surface area contributed by atoms with Crippen molar-refractivity contribution in [3.05, 3.63) is 64.7 Å². The number of nitrogens with zero attached hydrogens (tertiary/aromatic N) is 1. The Kier molecular flexibility index (Phi) is 3.89. The first-order valence-corrected chi connectivity index (χ1v) is 5.67. The van der Waals surface area contributed by atoms with Gasteiger partial charge in [-0.2, -0.15) is 0 Å². The summed E-state index contributed by atoms with van der Waals surface area (Å²) in [5.74, 6) is -0.599. The SMILES string of the molecule is O=C(NCc1cccc(F)c1)c1ccc(Cl)nc1. The fourth-order valence-electron chi connectivity index (χ4n) is 1.44. The van der Waals surface area contributed by atoms with Crippen LogP contribution in [0.2, 0.25) is 5.15 Å². The number of halogens is 2. The molecule has 3 nitrogen and oxygen atoms in total. The smallest absolute Gasteiger partial charge is 0.253 e. The highest BCUT2D eigenvalue weighted by Gasteiger charge is 2.05. The lowest BCUT2D eigenvalue weighted by Crippen LogP contribution is -2.22. The normalized spacial score (nSPS) is 10.1. The molecule has 92 valence electrons. The van der Waals surface area contributed by atoms with E-state index in [1.807, 2.05) is 0 Å². The van der Waals surface area contributed by atoms with E-state index in [-0.39, 0.29) is 18.3 Å². The monoisotopic (exact) mass is 264 g/mol. The van der Waals surface area contributed by atoms with Gasteiger partial charge in [0.25, 0.3) is 5.91 Å². The van der Waals surface area contributed by atoms with Crippen LogP contribution in [-0.2, 0) is 6.54 Å². The molecule has 0 bridgehead atoms. The second-order valence-electron chi connectivity index (χ2n) is 3.68. The zero-order chi connectivity index (χ0) is 13.0. The molecular formula is C13H10ClFN2O. The predicted molar refractivity (Wildman–Crippen MR) is 66.8 cm³/mol. The molecular weight excluding hydrogens is 255 g/mol. The van der Waals surface area contributed by atoms with Gasteiger partial charge in [0.15, 0.2) is 0 Å². The Labute approximate surface area is 109 Å². The van der Waals surface area contributed by atoms with Crippen molar-refractivity contribution < 1.29 is 9.18 Å². The molecule has 0 radical (unpaired) electrons.